The number of hydrogen-bond donors (Lipinski definition) is 0. The van der Waals surface area contributed by atoms with Crippen LogP contribution in [0.4, 0.5) is 5.69 Å². The molecular weight excluding hydrogens is 384 g/mol. The van der Waals surface area contributed by atoms with Crippen molar-refractivity contribution in [2.75, 3.05) is 0 Å². The Kier molecular flexibility index (Phi) is 6.63. The monoisotopic (exact) mass is 408 g/mol. The molecule has 4 aromatic carbocycles. The first-order valence-corrected chi connectivity index (χ1v) is 11.2. The molecule has 0 atom stereocenters. The molecule has 0 unspecified atom stereocenters. The van der Waals surface area contributed by atoms with Gasteiger partial charge in [-0.05, 0) is 59.1 Å². The molecule has 0 N–H and O–H groups in total. The van der Waals surface area contributed by atoms with Gasteiger partial charge in [0.2, 0.25) is 0 Å². The van der Waals surface area contributed by atoms with E-state index < -0.39 is 10.7 Å². The van der Waals surface area contributed by atoms with Gasteiger partial charge in [0.1, 0.15) is 5.84 Å². The molecule has 0 saturated heterocycles. The summed E-state index contributed by atoms with van der Waals surface area (Å²) in [5.41, 5.74) is 3.33. The fourth-order valence-corrected chi connectivity index (χ4v) is 4.77. The summed E-state index contributed by atoms with van der Waals surface area (Å²) in [5.74, 6) is 0.839. The van der Waals surface area contributed by atoms with E-state index in [2.05, 4.69) is 91.9 Å². The van der Waals surface area contributed by atoms with Crippen LogP contribution in [0.1, 0.15) is 11.1 Å². The maximum Gasteiger partial charge on any atom is 0.141 e. The van der Waals surface area contributed by atoms with Gasteiger partial charge in [-0.15, -0.1) is 0 Å². The number of aryl methyl sites for hydroxylation is 1. The summed E-state index contributed by atoms with van der Waals surface area (Å²) in [4.78, 5) is 7.38. The SMILES string of the molecule is Cc1ccccc1N=C(Cc1ccccc1)N=S(c1ccccc1)c1ccccc1. The Bertz CT molecular complexity index is 1110. The third kappa shape index (κ3) is 5.19. The topological polar surface area (TPSA) is 24.7 Å². The Morgan fingerprint density at radius 2 is 1.13 bits per heavy atom. The molecule has 0 aliphatic rings. The van der Waals surface area contributed by atoms with Gasteiger partial charge in [-0.2, -0.15) is 0 Å². The third-order valence-corrected chi connectivity index (χ3v) is 6.53. The fourth-order valence-electron chi connectivity index (χ4n) is 3.14. The molecule has 0 saturated carbocycles. The van der Waals surface area contributed by atoms with Crippen molar-refractivity contribution in [2.24, 2.45) is 9.36 Å². The molecule has 0 aromatic heterocycles. The van der Waals surface area contributed by atoms with E-state index >= 15 is 0 Å². The Balaban J connectivity index is 1.85. The van der Waals surface area contributed by atoms with Crippen LogP contribution in [0.15, 0.2) is 134 Å². The lowest BCUT2D eigenvalue weighted by Gasteiger charge is -2.11. The van der Waals surface area contributed by atoms with E-state index in [1.54, 1.807) is 0 Å². The van der Waals surface area contributed by atoms with Crippen molar-refractivity contribution in [3.63, 3.8) is 0 Å². The normalized spacial score (nSPS) is 11.5. The average molecular weight is 409 g/mol. The highest BCUT2D eigenvalue weighted by molar-refractivity contribution is 7.87. The van der Waals surface area contributed by atoms with E-state index in [4.69, 9.17) is 9.36 Å². The fraction of sp³-hybridized carbons (Fsp3) is 0.0741. The molecular formula is C27H24N2S. The average Bonchev–Trinajstić information content (AvgIpc) is 2.81. The van der Waals surface area contributed by atoms with Crippen LogP contribution < -0.4 is 0 Å². The molecule has 148 valence electrons. The van der Waals surface area contributed by atoms with Crippen molar-refractivity contribution in [3.05, 3.63) is 126 Å². The lowest BCUT2D eigenvalue weighted by Crippen LogP contribution is -2.04. The van der Waals surface area contributed by atoms with E-state index in [0.717, 1.165) is 17.1 Å². The number of aliphatic imine (C=N–C) groups is 1. The molecule has 0 bridgehead atoms. The number of nitrogens with zero attached hydrogens (tertiary/aromatic N) is 2. The van der Waals surface area contributed by atoms with Crippen LogP contribution in [0, 0.1) is 6.92 Å². The largest absolute Gasteiger partial charge is 0.232 e. The van der Waals surface area contributed by atoms with Gasteiger partial charge >= 0.3 is 0 Å². The Morgan fingerprint density at radius 3 is 1.70 bits per heavy atom. The minimum Gasteiger partial charge on any atom is -0.232 e. The second-order valence-corrected chi connectivity index (χ2v) is 8.67. The summed E-state index contributed by atoms with van der Waals surface area (Å²) in [5, 5.41) is 0. The molecule has 30 heavy (non-hydrogen) atoms. The Morgan fingerprint density at radius 1 is 0.633 bits per heavy atom. The first kappa shape index (κ1) is 20.0. The van der Waals surface area contributed by atoms with Gasteiger partial charge in [-0.1, -0.05) is 84.9 Å². The van der Waals surface area contributed by atoms with Crippen LogP contribution in [-0.4, -0.2) is 5.84 Å². The number of benzene rings is 4. The molecule has 4 aromatic rings. The third-order valence-electron chi connectivity index (χ3n) is 4.70. The van der Waals surface area contributed by atoms with Crippen molar-refractivity contribution in [2.45, 2.75) is 23.1 Å². The molecule has 0 fully saturated rings. The van der Waals surface area contributed by atoms with Crippen molar-refractivity contribution in [1.82, 2.24) is 0 Å². The van der Waals surface area contributed by atoms with E-state index in [9.17, 15) is 0 Å². The van der Waals surface area contributed by atoms with Crippen LogP contribution in [0.2, 0.25) is 0 Å². The minimum atomic E-state index is -0.441. The smallest absolute Gasteiger partial charge is 0.141 e. The van der Waals surface area contributed by atoms with Crippen LogP contribution in [0.25, 0.3) is 0 Å². The van der Waals surface area contributed by atoms with Gasteiger partial charge in [0.15, 0.2) is 0 Å². The standard InChI is InChI=1S/C27H24N2S/c1-22-13-11-12-20-26(22)28-27(21-23-14-5-2-6-15-23)29-30(24-16-7-3-8-17-24)25-18-9-4-10-19-25/h2-20H,21H2,1H3. The number of amidine groups is 1. The van der Waals surface area contributed by atoms with E-state index in [0.29, 0.717) is 6.42 Å². The molecule has 0 heterocycles. The lowest BCUT2D eigenvalue weighted by atomic mass is 10.1. The zero-order valence-corrected chi connectivity index (χ0v) is 17.8. The number of rotatable bonds is 5. The predicted octanol–water partition coefficient (Wildman–Crippen LogP) is 7.19. The van der Waals surface area contributed by atoms with Crippen molar-refractivity contribution >= 4 is 22.2 Å². The number of para-hydroxylation sites is 1. The second-order valence-electron chi connectivity index (χ2n) is 6.98. The first-order valence-electron chi connectivity index (χ1n) is 10.0. The lowest BCUT2D eigenvalue weighted by molar-refractivity contribution is 1.26. The highest BCUT2D eigenvalue weighted by Gasteiger charge is 2.09. The van der Waals surface area contributed by atoms with Gasteiger partial charge in [0.05, 0.1) is 5.69 Å². The first-order chi connectivity index (χ1) is 14.8. The van der Waals surface area contributed by atoms with Crippen LogP contribution in [0.3, 0.4) is 0 Å². The molecule has 4 rings (SSSR count). The molecule has 0 aliphatic heterocycles. The Hall–Kier alpha value is -3.30. The van der Waals surface area contributed by atoms with Gasteiger partial charge in [-0.25, -0.2) is 9.36 Å². The summed E-state index contributed by atoms with van der Waals surface area (Å²) in [6.45, 7) is 2.09. The summed E-state index contributed by atoms with van der Waals surface area (Å²) in [6, 6.07) is 39.6. The maximum absolute atomic E-state index is 5.23. The minimum absolute atomic E-state index is 0.441. The molecule has 0 aliphatic carbocycles. The van der Waals surface area contributed by atoms with Gasteiger partial charge in [0.25, 0.3) is 0 Å². The van der Waals surface area contributed by atoms with Crippen LogP contribution >= 0.6 is 0 Å². The highest BCUT2D eigenvalue weighted by atomic mass is 32.2. The van der Waals surface area contributed by atoms with Crippen LogP contribution in [0.5, 0.6) is 0 Å². The number of hydrogen-bond acceptors (Lipinski definition) is 1. The molecule has 0 amide bonds. The van der Waals surface area contributed by atoms with E-state index in [-0.39, 0.29) is 0 Å². The maximum atomic E-state index is 5.23. The van der Waals surface area contributed by atoms with E-state index in [1.165, 1.54) is 15.4 Å². The molecule has 0 spiro atoms. The van der Waals surface area contributed by atoms with Gasteiger partial charge < -0.3 is 0 Å². The quantitative estimate of drug-likeness (QED) is 0.247. The zero-order chi connectivity index (χ0) is 20.6. The van der Waals surface area contributed by atoms with Crippen molar-refractivity contribution in [1.29, 1.82) is 0 Å². The molecule has 2 nitrogen and oxygen atoms in total. The van der Waals surface area contributed by atoms with Gasteiger partial charge in [-0.3, -0.25) is 0 Å². The van der Waals surface area contributed by atoms with Crippen molar-refractivity contribution in [3.8, 4) is 0 Å². The molecule has 0 radical (unpaired) electrons. The summed E-state index contributed by atoms with van der Waals surface area (Å²) >= 11 is 0. The predicted molar refractivity (Wildman–Crippen MR) is 128 cm³/mol. The van der Waals surface area contributed by atoms with E-state index in [1.807, 2.05) is 30.3 Å². The Labute approximate surface area is 181 Å². The summed E-state index contributed by atoms with van der Waals surface area (Å²) in [7, 11) is -0.441. The summed E-state index contributed by atoms with van der Waals surface area (Å²) < 4.78 is 5.23. The van der Waals surface area contributed by atoms with Crippen LogP contribution in [-0.2, 0) is 17.1 Å². The summed E-state index contributed by atoms with van der Waals surface area (Å²) in [6.07, 6.45) is 0.693. The highest BCUT2D eigenvalue weighted by Crippen LogP contribution is 2.22. The molecule has 3 heteroatoms. The van der Waals surface area contributed by atoms with Gasteiger partial charge in [0, 0.05) is 16.2 Å². The van der Waals surface area contributed by atoms with Crippen molar-refractivity contribution < 1.29 is 0 Å². The second kappa shape index (κ2) is 9.95. The zero-order valence-electron chi connectivity index (χ0n) is 17.0.